The highest BCUT2D eigenvalue weighted by molar-refractivity contribution is 5.89. The number of likely N-dealkylation sites (tertiary alicyclic amines) is 1. The monoisotopic (exact) mass is 312 g/mol. The molecule has 1 aromatic rings. The largest absolute Gasteiger partial charge is 0.341 e. The highest BCUT2D eigenvalue weighted by Gasteiger charge is 2.49. The van der Waals surface area contributed by atoms with Crippen molar-refractivity contribution in [3.05, 3.63) is 35.9 Å². The van der Waals surface area contributed by atoms with Crippen molar-refractivity contribution in [2.45, 2.75) is 50.4 Å². The molecule has 3 nitrogen and oxygen atoms in total. The van der Waals surface area contributed by atoms with Crippen LogP contribution >= 0.6 is 0 Å². The predicted molar refractivity (Wildman–Crippen MR) is 92.3 cm³/mol. The number of carbonyl (C=O) groups is 1. The van der Waals surface area contributed by atoms with Crippen LogP contribution < -0.4 is 5.32 Å². The zero-order valence-electron chi connectivity index (χ0n) is 14.0. The minimum atomic E-state index is -0.220. The summed E-state index contributed by atoms with van der Waals surface area (Å²) < 4.78 is 0. The molecule has 3 aliphatic rings. The molecule has 1 saturated carbocycles. The Bertz CT molecular complexity index is 553. The molecule has 3 fully saturated rings. The number of hydrogen-bond donors (Lipinski definition) is 1. The van der Waals surface area contributed by atoms with Gasteiger partial charge >= 0.3 is 0 Å². The molecule has 1 amide bonds. The molecule has 1 N–H and O–H groups in total. The highest BCUT2D eigenvalue weighted by Crippen LogP contribution is 2.46. The Morgan fingerprint density at radius 1 is 1.00 bits per heavy atom. The lowest BCUT2D eigenvalue weighted by Gasteiger charge is -2.50. The van der Waals surface area contributed by atoms with Crippen molar-refractivity contribution in [2.24, 2.45) is 5.41 Å². The van der Waals surface area contributed by atoms with Crippen LogP contribution in [0.4, 0.5) is 0 Å². The number of benzene rings is 1. The van der Waals surface area contributed by atoms with Crippen molar-refractivity contribution in [3.63, 3.8) is 0 Å². The van der Waals surface area contributed by atoms with Crippen LogP contribution in [0.5, 0.6) is 0 Å². The number of amides is 1. The second kappa shape index (κ2) is 5.94. The van der Waals surface area contributed by atoms with Gasteiger partial charge in [0.05, 0.1) is 5.41 Å². The van der Waals surface area contributed by atoms with Crippen molar-refractivity contribution < 1.29 is 4.79 Å². The van der Waals surface area contributed by atoms with Crippen LogP contribution in [-0.4, -0.2) is 37.0 Å². The van der Waals surface area contributed by atoms with Gasteiger partial charge in [-0.05, 0) is 50.6 Å². The Kier molecular flexibility index (Phi) is 3.92. The first-order valence-corrected chi connectivity index (χ1v) is 9.30. The summed E-state index contributed by atoms with van der Waals surface area (Å²) in [6.45, 7) is 4.15. The van der Waals surface area contributed by atoms with Gasteiger partial charge in [0.1, 0.15) is 0 Å². The fourth-order valence-electron chi connectivity index (χ4n) is 4.98. The van der Waals surface area contributed by atoms with E-state index in [0.29, 0.717) is 11.3 Å². The molecule has 124 valence electrons. The quantitative estimate of drug-likeness (QED) is 0.910. The fourth-order valence-corrected chi connectivity index (χ4v) is 4.98. The van der Waals surface area contributed by atoms with Crippen molar-refractivity contribution in [2.75, 3.05) is 26.2 Å². The number of nitrogens with zero attached hydrogens (tertiary/aromatic N) is 1. The number of nitrogens with one attached hydrogen (secondary N) is 1. The summed E-state index contributed by atoms with van der Waals surface area (Å²) in [5.41, 5.74) is 1.35. The Morgan fingerprint density at radius 3 is 2.43 bits per heavy atom. The van der Waals surface area contributed by atoms with Gasteiger partial charge in [-0.25, -0.2) is 0 Å². The topological polar surface area (TPSA) is 32.3 Å². The maximum Gasteiger partial charge on any atom is 0.233 e. The lowest BCUT2D eigenvalue weighted by atomic mass is 9.63. The zero-order chi connectivity index (χ0) is 15.8. The number of carbonyl (C=O) groups excluding carboxylic acids is 1. The summed E-state index contributed by atoms with van der Waals surface area (Å²) in [6, 6.07) is 10.5. The molecule has 0 radical (unpaired) electrons. The smallest absolute Gasteiger partial charge is 0.233 e. The molecule has 2 saturated heterocycles. The van der Waals surface area contributed by atoms with Crippen LogP contribution in [0.3, 0.4) is 0 Å². The highest BCUT2D eigenvalue weighted by atomic mass is 16.2. The first kappa shape index (κ1) is 15.2. The van der Waals surface area contributed by atoms with Crippen LogP contribution in [0, 0.1) is 5.41 Å². The Balaban J connectivity index is 1.56. The van der Waals surface area contributed by atoms with E-state index in [1.807, 2.05) is 6.07 Å². The predicted octanol–water partition coefficient (Wildman–Crippen LogP) is 3.10. The minimum absolute atomic E-state index is 0.220. The summed E-state index contributed by atoms with van der Waals surface area (Å²) in [7, 11) is 0. The Labute approximate surface area is 139 Å². The van der Waals surface area contributed by atoms with Crippen molar-refractivity contribution >= 4 is 5.91 Å². The van der Waals surface area contributed by atoms with Crippen LogP contribution in [-0.2, 0) is 10.2 Å². The molecule has 1 unspecified atom stereocenters. The first-order chi connectivity index (χ1) is 11.2. The van der Waals surface area contributed by atoms with Crippen LogP contribution in [0.2, 0.25) is 0 Å². The van der Waals surface area contributed by atoms with E-state index in [1.54, 1.807) is 0 Å². The van der Waals surface area contributed by atoms with Crippen LogP contribution in [0.1, 0.15) is 50.5 Å². The van der Waals surface area contributed by atoms with Crippen LogP contribution in [0.15, 0.2) is 30.3 Å². The Hall–Kier alpha value is -1.35. The second-order valence-corrected chi connectivity index (χ2v) is 7.91. The molecule has 0 bridgehead atoms. The first-order valence-electron chi connectivity index (χ1n) is 9.30. The molecular weight excluding hydrogens is 284 g/mol. The van der Waals surface area contributed by atoms with Gasteiger partial charge in [-0.15, -0.1) is 0 Å². The summed E-state index contributed by atoms with van der Waals surface area (Å²) in [5, 5.41) is 3.57. The van der Waals surface area contributed by atoms with Gasteiger partial charge in [-0.2, -0.15) is 0 Å². The van der Waals surface area contributed by atoms with Crippen LogP contribution in [0.25, 0.3) is 0 Å². The van der Waals surface area contributed by atoms with Gasteiger partial charge in [-0.3, -0.25) is 4.79 Å². The van der Waals surface area contributed by atoms with E-state index >= 15 is 0 Å². The lowest BCUT2D eigenvalue weighted by Crippen LogP contribution is -2.58. The van der Waals surface area contributed by atoms with Gasteiger partial charge in [0.2, 0.25) is 5.91 Å². The molecule has 2 aliphatic heterocycles. The molecule has 1 spiro atoms. The third kappa shape index (κ3) is 2.59. The lowest BCUT2D eigenvalue weighted by molar-refractivity contribution is -0.145. The third-order valence-corrected chi connectivity index (χ3v) is 6.45. The summed E-state index contributed by atoms with van der Waals surface area (Å²) in [4.78, 5) is 15.6. The molecule has 2 heterocycles. The molecule has 1 aliphatic carbocycles. The van der Waals surface area contributed by atoms with Crippen molar-refractivity contribution in [1.29, 1.82) is 0 Å². The average molecular weight is 312 g/mol. The van der Waals surface area contributed by atoms with E-state index < -0.39 is 0 Å². The maximum absolute atomic E-state index is 13.4. The Morgan fingerprint density at radius 2 is 1.78 bits per heavy atom. The summed E-state index contributed by atoms with van der Waals surface area (Å²) in [5.74, 6) is 0.402. The standard InChI is InChI=1S/C20H28N2O/c23-18(20(11-4-12-20)17-7-2-1-3-8-17)22-14-6-10-19(16-22)9-5-13-21-15-19/h1-3,7-8,21H,4-6,9-16H2. The number of rotatable bonds is 2. The van der Waals surface area contributed by atoms with Gasteiger partial charge in [0.25, 0.3) is 0 Å². The number of piperidine rings is 2. The molecule has 3 heteroatoms. The van der Waals surface area contributed by atoms with Crippen molar-refractivity contribution in [3.8, 4) is 0 Å². The average Bonchev–Trinajstić information content (AvgIpc) is 2.55. The molecular formula is C20H28N2O. The molecule has 1 atom stereocenters. The van der Waals surface area contributed by atoms with E-state index in [9.17, 15) is 4.79 Å². The van der Waals surface area contributed by atoms with Gasteiger partial charge < -0.3 is 10.2 Å². The second-order valence-electron chi connectivity index (χ2n) is 7.91. The summed E-state index contributed by atoms with van der Waals surface area (Å²) >= 11 is 0. The zero-order valence-corrected chi connectivity index (χ0v) is 14.0. The van der Waals surface area contributed by atoms with E-state index in [4.69, 9.17) is 0 Å². The van der Waals surface area contributed by atoms with E-state index in [0.717, 1.165) is 45.4 Å². The molecule has 4 rings (SSSR count). The molecule has 23 heavy (non-hydrogen) atoms. The third-order valence-electron chi connectivity index (χ3n) is 6.45. The van der Waals surface area contributed by atoms with Gasteiger partial charge in [0.15, 0.2) is 0 Å². The van der Waals surface area contributed by atoms with E-state index in [2.05, 4.69) is 34.5 Å². The minimum Gasteiger partial charge on any atom is -0.341 e. The normalized spacial score (nSPS) is 30.0. The maximum atomic E-state index is 13.4. The molecule has 0 aromatic heterocycles. The van der Waals surface area contributed by atoms with Gasteiger partial charge in [-0.1, -0.05) is 36.8 Å². The number of hydrogen-bond acceptors (Lipinski definition) is 2. The van der Waals surface area contributed by atoms with E-state index in [-0.39, 0.29) is 5.41 Å². The van der Waals surface area contributed by atoms with E-state index in [1.165, 1.54) is 31.2 Å². The molecule has 1 aromatic carbocycles. The van der Waals surface area contributed by atoms with Crippen molar-refractivity contribution in [1.82, 2.24) is 10.2 Å². The fraction of sp³-hybridized carbons (Fsp3) is 0.650. The van der Waals surface area contributed by atoms with Gasteiger partial charge in [0, 0.05) is 25.0 Å². The SMILES string of the molecule is O=C(N1CCCC2(CCCNC2)C1)C1(c2ccccc2)CCC1. The summed E-state index contributed by atoms with van der Waals surface area (Å²) in [6.07, 6.45) is 8.21.